The zero-order valence-corrected chi connectivity index (χ0v) is 7.21. The Labute approximate surface area is 69.0 Å². The highest BCUT2D eigenvalue weighted by molar-refractivity contribution is 7.81. The molecule has 0 atom stereocenters. The number of rotatable bonds is 5. The largest absolute Gasteiger partial charge is 0.397 e. The highest BCUT2D eigenvalue weighted by Gasteiger charge is 2.07. The van der Waals surface area contributed by atoms with Crippen LogP contribution in [0.2, 0.25) is 0 Å². The summed E-state index contributed by atoms with van der Waals surface area (Å²) in [4.78, 5) is 0. The maximum absolute atomic E-state index is 9.82. The summed E-state index contributed by atoms with van der Waals surface area (Å²) in [7, 11) is -9.20. The van der Waals surface area contributed by atoms with Gasteiger partial charge in [-0.1, -0.05) is 0 Å². The minimum atomic E-state index is -4.60. The summed E-state index contributed by atoms with van der Waals surface area (Å²) in [6.07, 6.45) is 0. The monoisotopic (exact) mass is 222 g/mol. The average molecular weight is 222 g/mol. The van der Waals surface area contributed by atoms with E-state index in [4.69, 9.17) is 9.11 Å². The average Bonchev–Trinajstić information content (AvgIpc) is 1.76. The van der Waals surface area contributed by atoms with Gasteiger partial charge in [0.25, 0.3) is 0 Å². The lowest BCUT2D eigenvalue weighted by atomic mass is 10.8. The Hall–Kier alpha value is -0.260. The van der Waals surface area contributed by atoms with E-state index < -0.39 is 34.0 Å². The van der Waals surface area contributed by atoms with Crippen LogP contribution in [0.25, 0.3) is 0 Å². The first-order valence-electron chi connectivity index (χ1n) is 2.44. The molecule has 0 bridgehead atoms. The van der Waals surface area contributed by atoms with Crippen molar-refractivity contribution in [3.8, 4) is 0 Å². The molecular weight excluding hydrogens is 216 g/mol. The van der Waals surface area contributed by atoms with Crippen LogP contribution >= 0.6 is 0 Å². The van der Waals surface area contributed by atoms with Crippen LogP contribution < -0.4 is 0 Å². The molecule has 0 saturated heterocycles. The molecule has 10 heteroatoms. The molecule has 12 heavy (non-hydrogen) atoms. The van der Waals surface area contributed by atoms with Gasteiger partial charge in [0, 0.05) is 0 Å². The second kappa shape index (κ2) is 4.11. The molecule has 0 aromatic carbocycles. The molecule has 0 aliphatic rings. The van der Waals surface area contributed by atoms with Crippen molar-refractivity contribution < 1.29 is 34.3 Å². The Bertz CT molecular complexity index is 275. The van der Waals surface area contributed by atoms with Gasteiger partial charge < -0.3 is 0 Å². The van der Waals surface area contributed by atoms with Crippen LogP contribution in [0.5, 0.6) is 0 Å². The fraction of sp³-hybridized carbons (Fsp3) is 1.00. The predicted molar refractivity (Wildman–Crippen MR) is 35.0 cm³/mol. The molecular formula is C2H6O8S2. The van der Waals surface area contributed by atoms with Crippen LogP contribution in [0.15, 0.2) is 0 Å². The van der Waals surface area contributed by atoms with Crippen molar-refractivity contribution in [2.24, 2.45) is 0 Å². The van der Waals surface area contributed by atoms with E-state index in [0.717, 1.165) is 0 Å². The number of hydrogen-bond donors (Lipinski definition) is 2. The summed E-state index contributed by atoms with van der Waals surface area (Å²) in [5.74, 6) is 0. The first-order valence-corrected chi connectivity index (χ1v) is 5.17. The number of hydrogen-bond acceptors (Lipinski definition) is 6. The van der Waals surface area contributed by atoms with Gasteiger partial charge >= 0.3 is 20.8 Å². The summed E-state index contributed by atoms with van der Waals surface area (Å²) in [6, 6.07) is 0. The molecule has 0 radical (unpaired) electrons. The van der Waals surface area contributed by atoms with Gasteiger partial charge in [-0.2, -0.15) is 16.8 Å². The normalized spacial score (nSPS) is 13.2. The maximum atomic E-state index is 9.82. The Kier molecular flexibility index (Phi) is 4.02. The topological polar surface area (TPSA) is 127 Å². The zero-order chi connectivity index (χ0) is 9.83. The van der Waals surface area contributed by atoms with Crippen molar-refractivity contribution in [3.63, 3.8) is 0 Å². The van der Waals surface area contributed by atoms with Crippen molar-refractivity contribution in [3.05, 3.63) is 0 Å². The molecule has 0 heterocycles. The van der Waals surface area contributed by atoms with Gasteiger partial charge in [0.1, 0.15) is 0 Å². The smallest absolute Gasteiger partial charge is 0.264 e. The molecule has 0 rings (SSSR count). The summed E-state index contributed by atoms with van der Waals surface area (Å²) >= 11 is 0. The molecule has 0 aromatic rings. The summed E-state index contributed by atoms with van der Waals surface area (Å²) in [6.45, 7) is -1.42. The maximum Gasteiger partial charge on any atom is 0.397 e. The van der Waals surface area contributed by atoms with E-state index in [2.05, 4.69) is 8.37 Å². The van der Waals surface area contributed by atoms with Gasteiger partial charge in [-0.05, 0) is 0 Å². The minimum absolute atomic E-state index is 0.710. The van der Waals surface area contributed by atoms with Crippen LogP contribution in [-0.2, 0) is 29.2 Å². The van der Waals surface area contributed by atoms with Crippen LogP contribution in [-0.4, -0.2) is 39.2 Å². The second-order valence-corrected chi connectivity index (χ2v) is 3.68. The summed E-state index contributed by atoms with van der Waals surface area (Å²) < 4.78 is 62.4. The SMILES string of the molecule is O=S(=O)(O)OCCOS(=O)(=O)O. The molecule has 0 saturated carbocycles. The first-order chi connectivity index (χ1) is 5.21. The van der Waals surface area contributed by atoms with E-state index in [0.29, 0.717) is 0 Å². The van der Waals surface area contributed by atoms with E-state index >= 15 is 0 Å². The molecule has 74 valence electrons. The van der Waals surface area contributed by atoms with Crippen LogP contribution in [0.3, 0.4) is 0 Å². The lowest BCUT2D eigenvalue weighted by Crippen LogP contribution is -2.13. The molecule has 0 amide bonds. The van der Waals surface area contributed by atoms with Crippen LogP contribution in [0.1, 0.15) is 0 Å². The third-order valence-corrected chi connectivity index (χ3v) is 1.48. The molecule has 0 aliphatic heterocycles. The highest BCUT2D eigenvalue weighted by atomic mass is 32.3. The van der Waals surface area contributed by atoms with Gasteiger partial charge in [-0.15, -0.1) is 0 Å². The van der Waals surface area contributed by atoms with Gasteiger partial charge in [0.05, 0.1) is 13.2 Å². The Morgan fingerprint density at radius 2 is 1.08 bits per heavy atom. The quantitative estimate of drug-likeness (QED) is 0.430. The van der Waals surface area contributed by atoms with Crippen molar-refractivity contribution >= 4 is 20.8 Å². The lowest BCUT2D eigenvalue weighted by molar-refractivity contribution is 0.190. The second-order valence-electron chi connectivity index (χ2n) is 1.50. The van der Waals surface area contributed by atoms with E-state index in [1.165, 1.54) is 0 Å². The first kappa shape index (κ1) is 11.7. The Morgan fingerprint density at radius 1 is 0.833 bits per heavy atom. The fourth-order valence-electron chi connectivity index (χ4n) is 0.279. The van der Waals surface area contributed by atoms with Crippen molar-refractivity contribution in [1.29, 1.82) is 0 Å². The molecule has 2 N–H and O–H groups in total. The van der Waals surface area contributed by atoms with Gasteiger partial charge in [-0.3, -0.25) is 9.11 Å². The molecule has 0 aliphatic carbocycles. The van der Waals surface area contributed by atoms with Gasteiger partial charge in [-0.25, -0.2) is 8.37 Å². The fourth-order valence-corrected chi connectivity index (χ4v) is 0.836. The standard InChI is InChI=1S/C2H6O8S2/c3-11(4,5)9-1-2-10-12(6,7)8/h1-2H2,(H,3,4,5)(H,6,7,8). The molecule has 0 fully saturated rings. The van der Waals surface area contributed by atoms with Crippen LogP contribution in [0, 0.1) is 0 Å². The zero-order valence-electron chi connectivity index (χ0n) is 5.57. The molecule has 8 nitrogen and oxygen atoms in total. The molecule has 0 aromatic heterocycles. The third-order valence-electron chi connectivity index (χ3n) is 0.548. The van der Waals surface area contributed by atoms with Gasteiger partial charge in [0.2, 0.25) is 0 Å². The molecule has 0 unspecified atom stereocenters. The lowest BCUT2D eigenvalue weighted by Gasteiger charge is -1.98. The van der Waals surface area contributed by atoms with E-state index in [-0.39, 0.29) is 0 Å². The van der Waals surface area contributed by atoms with Crippen molar-refractivity contribution in [1.82, 2.24) is 0 Å². The van der Waals surface area contributed by atoms with E-state index in [1.807, 2.05) is 0 Å². The predicted octanol–water partition coefficient (Wildman–Crippen LogP) is -1.37. The van der Waals surface area contributed by atoms with Crippen molar-refractivity contribution in [2.75, 3.05) is 13.2 Å². The third kappa shape index (κ3) is 9.74. The molecule has 0 spiro atoms. The summed E-state index contributed by atoms with van der Waals surface area (Å²) in [5, 5.41) is 0. The minimum Gasteiger partial charge on any atom is -0.264 e. The van der Waals surface area contributed by atoms with Crippen LogP contribution in [0.4, 0.5) is 0 Å². The van der Waals surface area contributed by atoms with E-state index in [9.17, 15) is 16.8 Å². The summed E-state index contributed by atoms with van der Waals surface area (Å²) in [5.41, 5.74) is 0. The van der Waals surface area contributed by atoms with Gasteiger partial charge in [0.15, 0.2) is 0 Å². The van der Waals surface area contributed by atoms with Crippen molar-refractivity contribution in [2.45, 2.75) is 0 Å². The Morgan fingerprint density at radius 3 is 1.25 bits per heavy atom. The Balaban J connectivity index is 3.62. The highest BCUT2D eigenvalue weighted by Crippen LogP contribution is 1.89. The van der Waals surface area contributed by atoms with E-state index in [1.54, 1.807) is 0 Å².